The summed E-state index contributed by atoms with van der Waals surface area (Å²) in [7, 11) is 0. The first-order chi connectivity index (χ1) is 11.6. The predicted molar refractivity (Wildman–Crippen MR) is 95.1 cm³/mol. The van der Waals surface area contributed by atoms with Crippen molar-refractivity contribution in [2.24, 2.45) is 0 Å². The first-order valence-corrected chi connectivity index (χ1v) is 9.61. The lowest BCUT2D eigenvalue weighted by atomic mass is 9.95. The topological polar surface area (TPSA) is 60.1 Å². The molecule has 0 atom stereocenters. The molecule has 5 nitrogen and oxygen atoms in total. The minimum absolute atomic E-state index is 0.00454. The second kappa shape index (κ2) is 7.92. The predicted octanol–water partition coefficient (Wildman–Crippen LogP) is 4.01. The van der Waals surface area contributed by atoms with Crippen molar-refractivity contribution in [3.63, 3.8) is 0 Å². The maximum atomic E-state index is 12.1. The third-order valence-corrected chi connectivity index (χ3v) is 5.62. The van der Waals surface area contributed by atoms with Gasteiger partial charge in [0.05, 0.1) is 24.3 Å². The minimum atomic E-state index is 0.00454. The second-order valence-electron chi connectivity index (χ2n) is 6.37. The van der Waals surface area contributed by atoms with Crippen LogP contribution in [0.1, 0.15) is 55.3 Å². The quantitative estimate of drug-likeness (QED) is 0.802. The van der Waals surface area contributed by atoms with Gasteiger partial charge in [-0.25, -0.2) is 4.98 Å². The summed E-state index contributed by atoms with van der Waals surface area (Å²) in [5.41, 5.74) is 2.31. The van der Waals surface area contributed by atoms with Crippen LogP contribution in [-0.2, 0) is 11.3 Å². The molecule has 1 aliphatic carbocycles. The molecule has 0 unspecified atom stereocenters. The van der Waals surface area contributed by atoms with Crippen LogP contribution >= 0.6 is 11.8 Å². The van der Waals surface area contributed by atoms with E-state index in [0.29, 0.717) is 18.3 Å². The molecule has 1 aliphatic rings. The number of hydrogen-bond donors (Lipinski definition) is 1. The first-order valence-electron chi connectivity index (χ1n) is 8.62. The van der Waals surface area contributed by atoms with E-state index in [1.54, 1.807) is 6.26 Å². The monoisotopic (exact) mass is 347 g/mol. The van der Waals surface area contributed by atoms with E-state index >= 15 is 0 Å². The molecule has 0 spiro atoms. The molecule has 24 heavy (non-hydrogen) atoms. The molecule has 2 aromatic heterocycles. The number of carbonyl (C=O) groups is 1. The Kier molecular flexibility index (Phi) is 5.66. The number of carbonyl (C=O) groups excluding carboxylic acids is 1. The van der Waals surface area contributed by atoms with Crippen LogP contribution in [0.15, 0.2) is 28.0 Å². The van der Waals surface area contributed by atoms with Crippen LogP contribution in [-0.4, -0.2) is 21.2 Å². The summed E-state index contributed by atoms with van der Waals surface area (Å²) in [6.45, 7) is 4.62. The van der Waals surface area contributed by atoms with E-state index < -0.39 is 0 Å². The largest absolute Gasteiger partial charge is 0.467 e. The number of aryl methyl sites for hydroxylation is 1. The molecule has 6 heteroatoms. The highest BCUT2D eigenvalue weighted by Crippen LogP contribution is 2.34. The minimum Gasteiger partial charge on any atom is -0.467 e. The van der Waals surface area contributed by atoms with Crippen molar-refractivity contribution >= 4 is 17.7 Å². The van der Waals surface area contributed by atoms with Crippen LogP contribution < -0.4 is 5.32 Å². The maximum Gasteiger partial charge on any atom is 0.230 e. The van der Waals surface area contributed by atoms with E-state index in [4.69, 9.17) is 9.40 Å². The lowest BCUT2D eigenvalue weighted by Crippen LogP contribution is -2.24. The van der Waals surface area contributed by atoms with E-state index in [0.717, 1.165) is 16.6 Å². The summed E-state index contributed by atoms with van der Waals surface area (Å²) >= 11 is 1.53. The number of thioether (sulfide) groups is 1. The summed E-state index contributed by atoms with van der Waals surface area (Å²) in [6.07, 6.45) is 7.96. The van der Waals surface area contributed by atoms with Crippen molar-refractivity contribution in [3.8, 4) is 0 Å². The van der Waals surface area contributed by atoms with E-state index in [1.807, 2.05) is 12.1 Å². The van der Waals surface area contributed by atoms with Gasteiger partial charge in [-0.05, 0) is 38.8 Å². The SMILES string of the molecule is Cc1nc(SCC(=O)NCc2ccco2)n(C2CCCCC2)c1C. The van der Waals surface area contributed by atoms with Crippen LogP contribution in [0.5, 0.6) is 0 Å². The molecule has 0 bridgehead atoms. The molecule has 0 aromatic carbocycles. The van der Waals surface area contributed by atoms with E-state index in [-0.39, 0.29) is 5.91 Å². The zero-order chi connectivity index (χ0) is 16.9. The molecular weight excluding hydrogens is 322 g/mol. The Morgan fingerprint density at radius 1 is 1.38 bits per heavy atom. The zero-order valence-electron chi connectivity index (χ0n) is 14.4. The zero-order valence-corrected chi connectivity index (χ0v) is 15.2. The smallest absolute Gasteiger partial charge is 0.230 e. The molecule has 0 aliphatic heterocycles. The van der Waals surface area contributed by atoms with Gasteiger partial charge in [0.2, 0.25) is 5.91 Å². The Hall–Kier alpha value is -1.69. The standard InChI is InChI=1S/C18H25N3O2S/c1-13-14(2)21(15-7-4-3-5-8-15)18(20-13)24-12-17(22)19-11-16-9-6-10-23-16/h6,9-10,15H,3-5,7-8,11-12H2,1-2H3,(H,19,22). The highest BCUT2D eigenvalue weighted by atomic mass is 32.2. The molecule has 1 N–H and O–H groups in total. The van der Waals surface area contributed by atoms with Gasteiger partial charge < -0.3 is 14.3 Å². The normalized spacial score (nSPS) is 15.6. The number of amides is 1. The Bertz CT molecular complexity index is 673. The Balaban J connectivity index is 1.60. The van der Waals surface area contributed by atoms with Gasteiger partial charge in [-0.3, -0.25) is 4.79 Å². The molecule has 1 saturated carbocycles. The van der Waals surface area contributed by atoms with Crippen LogP contribution in [0.25, 0.3) is 0 Å². The lowest BCUT2D eigenvalue weighted by molar-refractivity contribution is -0.118. The molecule has 0 radical (unpaired) electrons. The number of nitrogens with zero attached hydrogens (tertiary/aromatic N) is 2. The summed E-state index contributed by atoms with van der Waals surface area (Å²) < 4.78 is 7.59. The van der Waals surface area contributed by atoms with Gasteiger partial charge in [-0.15, -0.1) is 0 Å². The highest BCUT2D eigenvalue weighted by Gasteiger charge is 2.22. The molecular formula is C18H25N3O2S. The molecule has 1 amide bonds. The summed E-state index contributed by atoms with van der Waals surface area (Å²) in [5, 5.41) is 3.86. The van der Waals surface area contributed by atoms with Crippen LogP contribution in [0.4, 0.5) is 0 Å². The van der Waals surface area contributed by atoms with E-state index in [1.165, 1.54) is 49.6 Å². The van der Waals surface area contributed by atoms with Gasteiger partial charge in [0.15, 0.2) is 5.16 Å². The number of rotatable bonds is 6. The fourth-order valence-corrected chi connectivity index (χ4v) is 4.24. The highest BCUT2D eigenvalue weighted by molar-refractivity contribution is 7.99. The number of aromatic nitrogens is 2. The van der Waals surface area contributed by atoms with E-state index in [2.05, 4.69) is 23.7 Å². The fourth-order valence-electron chi connectivity index (χ4n) is 3.25. The van der Waals surface area contributed by atoms with Crippen LogP contribution in [0.3, 0.4) is 0 Å². The Labute approximate surface area is 147 Å². The average molecular weight is 347 g/mol. The third kappa shape index (κ3) is 4.04. The van der Waals surface area contributed by atoms with Gasteiger partial charge in [-0.1, -0.05) is 31.0 Å². The van der Waals surface area contributed by atoms with Crippen molar-refractivity contribution in [1.82, 2.24) is 14.9 Å². The number of imidazole rings is 1. The third-order valence-electron chi connectivity index (χ3n) is 4.67. The Morgan fingerprint density at radius 2 is 2.17 bits per heavy atom. The summed E-state index contributed by atoms with van der Waals surface area (Å²) in [4.78, 5) is 16.8. The fraction of sp³-hybridized carbons (Fsp3) is 0.556. The summed E-state index contributed by atoms with van der Waals surface area (Å²) in [5.74, 6) is 1.15. The number of furan rings is 1. The molecule has 1 fully saturated rings. The molecule has 2 aromatic rings. The molecule has 2 heterocycles. The van der Waals surface area contributed by atoms with Crippen molar-refractivity contribution in [3.05, 3.63) is 35.5 Å². The molecule has 0 saturated heterocycles. The van der Waals surface area contributed by atoms with Gasteiger partial charge in [0.1, 0.15) is 5.76 Å². The number of hydrogen-bond acceptors (Lipinski definition) is 4. The van der Waals surface area contributed by atoms with Crippen molar-refractivity contribution in [1.29, 1.82) is 0 Å². The van der Waals surface area contributed by atoms with Gasteiger partial charge in [0, 0.05) is 11.7 Å². The second-order valence-corrected chi connectivity index (χ2v) is 7.31. The maximum absolute atomic E-state index is 12.1. The van der Waals surface area contributed by atoms with Crippen LogP contribution in [0, 0.1) is 13.8 Å². The van der Waals surface area contributed by atoms with Crippen LogP contribution in [0.2, 0.25) is 0 Å². The molecule has 130 valence electrons. The number of nitrogens with one attached hydrogen (secondary N) is 1. The van der Waals surface area contributed by atoms with Gasteiger partial charge in [-0.2, -0.15) is 0 Å². The summed E-state index contributed by atoms with van der Waals surface area (Å²) in [6, 6.07) is 4.22. The first kappa shape index (κ1) is 17.1. The lowest BCUT2D eigenvalue weighted by Gasteiger charge is -2.26. The van der Waals surface area contributed by atoms with Crippen molar-refractivity contribution in [2.45, 2.75) is 63.7 Å². The van der Waals surface area contributed by atoms with Crippen molar-refractivity contribution in [2.75, 3.05) is 5.75 Å². The van der Waals surface area contributed by atoms with Crippen molar-refractivity contribution < 1.29 is 9.21 Å². The van der Waals surface area contributed by atoms with E-state index in [9.17, 15) is 4.79 Å². The van der Waals surface area contributed by atoms with Gasteiger partial charge in [0.25, 0.3) is 0 Å². The average Bonchev–Trinajstić information content (AvgIpc) is 3.21. The Morgan fingerprint density at radius 3 is 2.88 bits per heavy atom. The molecule has 3 rings (SSSR count). The van der Waals surface area contributed by atoms with Gasteiger partial charge >= 0.3 is 0 Å².